The fourth-order valence-electron chi connectivity index (χ4n) is 0.435. The second kappa shape index (κ2) is 4.34. The Hall–Kier alpha value is -0.820. The minimum Gasteiger partial charge on any atom is -0.498 e. The van der Waals surface area contributed by atoms with E-state index < -0.39 is 0 Å². The van der Waals surface area contributed by atoms with Gasteiger partial charge in [0.05, 0.1) is 13.0 Å². The van der Waals surface area contributed by atoms with E-state index in [-0.39, 0.29) is 0 Å². The van der Waals surface area contributed by atoms with Crippen molar-refractivity contribution < 1.29 is 4.79 Å². The van der Waals surface area contributed by atoms with E-state index in [1.807, 2.05) is 13.8 Å². The first-order valence-corrected chi connectivity index (χ1v) is 2.79. The molecule has 0 radical (unpaired) electrons. The quantitative estimate of drug-likeness (QED) is 0.243. The lowest BCUT2D eigenvalue weighted by atomic mass is 10.4. The Morgan fingerprint density at radius 3 is 2.38 bits per heavy atom. The standard InChI is InChI=1S/C5H11N3/c1-3-5(8-6)7-4-2/h7H,3-4H2,1-2H3. The lowest BCUT2D eigenvalue weighted by Crippen LogP contribution is -2.22. The lowest BCUT2D eigenvalue weighted by Gasteiger charge is -1.89. The van der Waals surface area contributed by atoms with Crippen molar-refractivity contribution in [3.05, 3.63) is 5.53 Å². The third-order valence-corrected chi connectivity index (χ3v) is 0.836. The van der Waals surface area contributed by atoms with Crippen LogP contribution in [0.4, 0.5) is 0 Å². The molecule has 0 aromatic heterocycles. The lowest BCUT2D eigenvalue weighted by molar-refractivity contribution is -0.0132. The summed E-state index contributed by atoms with van der Waals surface area (Å²) in [5, 5.41) is 2.88. The van der Waals surface area contributed by atoms with Crippen molar-refractivity contribution in [2.24, 2.45) is 0 Å². The highest BCUT2D eigenvalue weighted by Crippen LogP contribution is 1.71. The molecular formula is C5H11N3. The first kappa shape index (κ1) is 7.18. The second-order valence-electron chi connectivity index (χ2n) is 1.43. The summed E-state index contributed by atoms with van der Waals surface area (Å²) in [6, 6.07) is 0. The average molecular weight is 113 g/mol. The van der Waals surface area contributed by atoms with Crippen molar-refractivity contribution in [3.8, 4) is 0 Å². The van der Waals surface area contributed by atoms with Gasteiger partial charge in [-0.3, -0.25) is 5.32 Å². The number of nitrogens with one attached hydrogen (secondary N) is 1. The summed E-state index contributed by atoms with van der Waals surface area (Å²) in [5.41, 5.74) is 8.18. The fraction of sp³-hybridized carbons (Fsp3) is 0.800. The molecule has 0 unspecified atom stereocenters. The predicted octanol–water partition coefficient (Wildman–Crippen LogP) is 0.634. The highest BCUT2D eigenvalue weighted by molar-refractivity contribution is 5.75. The van der Waals surface area contributed by atoms with Crippen LogP contribution in [-0.4, -0.2) is 17.2 Å². The van der Waals surface area contributed by atoms with Gasteiger partial charge in [0.15, 0.2) is 0 Å². The van der Waals surface area contributed by atoms with Crippen LogP contribution in [0.25, 0.3) is 5.53 Å². The Kier molecular flexibility index (Phi) is 3.90. The van der Waals surface area contributed by atoms with Crippen LogP contribution in [0.5, 0.6) is 0 Å². The van der Waals surface area contributed by atoms with Crippen molar-refractivity contribution >= 4 is 5.84 Å². The smallest absolute Gasteiger partial charge is 0.326 e. The number of amidine groups is 1. The van der Waals surface area contributed by atoms with Gasteiger partial charge in [0.2, 0.25) is 0 Å². The maximum Gasteiger partial charge on any atom is 0.326 e. The summed E-state index contributed by atoms with van der Waals surface area (Å²) in [6.45, 7) is 4.70. The summed E-state index contributed by atoms with van der Waals surface area (Å²) in [7, 11) is 0. The van der Waals surface area contributed by atoms with E-state index in [1.54, 1.807) is 0 Å². The molecule has 0 saturated heterocycles. The van der Waals surface area contributed by atoms with Gasteiger partial charge in [0.1, 0.15) is 0 Å². The Balaban J connectivity index is 3.55. The molecule has 0 aromatic rings. The number of nitrogens with zero attached hydrogens (tertiary/aromatic N) is 2. The third-order valence-electron chi connectivity index (χ3n) is 0.836. The largest absolute Gasteiger partial charge is 0.498 e. The maximum absolute atomic E-state index is 8.18. The van der Waals surface area contributed by atoms with Gasteiger partial charge in [-0.15, -0.1) is 0 Å². The molecule has 3 nitrogen and oxygen atoms in total. The van der Waals surface area contributed by atoms with E-state index in [0.29, 0.717) is 5.84 Å². The SMILES string of the molecule is CCNC(CC)=[N+]=[N-]. The number of rotatable bonds is 2. The molecule has 0 heterocycles. The molecule has 0 aliphatic carbocycles. The monoisotopic (exact) mass is 113 g/mol. The fourth-order valence-corrected chi connectivity index (χ4v) is 0.435. The van der Waals surface area contributed by atoms with E-state index in [9.17, 15) is 0 Å². The van der Waals surface area contributed by atoms with Gasteiger partial charge >= 0.3 is 5.84 Å². The topological polar surface area (TPSA) is 48.4 Å². The normalized spacial score (nSPS) is 7.75. The van der Waals surface area contributed by atoms with E-state index in [1.165, 1.54) is 0 Å². The summed E-state index contributed by atoms with van der Waals surface area (Å²) >= 11 is 0. The van der Waals surface area contributed by atoms with E-state index in [4.69, 9.17) is 5.53 Å². The zero-order valence-corrected chi connectivity index (χ0v) is 5.31. The highest BCUT2D eigenvalue weighted by atomic mass is 15.0. The summed E-state index contributed by atoms with van der Waals surface area (Å²) < 4.78 is 0. The number of hydrogen-bond acceptors (Lipinski definition) is 0. The van der Waals surface area contributed by atoms with Gasteiger partial charge < -0.3 is 10.3 Å². The average Bonchev–Trinajstić information content (AvgIpc) is 1.83. The predicted molar refractivity (Wildman–Crippen MR) is 32.6 cm³/mol. The van der Waals surface area contributed by atoms with Gasteiger partial charge in [0, 0.05) is 0 Å². The summed E-state index contributed by atoms with van der Waals surface area (Å²) in [5.74, 6) is 0.646. The molecule has 0 fully saturated rings. The van der Waals surface area contributed by atoms with Crippen molar-refractivity contribution in [1.82, 2.24) is 5.32 Å². The minimum atomic E-state index is 0.646. The molecule has 0 aliphatic heterocycles. The van der Waals surface area contributed by atoms with Crippen LogP contribution in [0, 0.1) is 0 Å². The Morgan fingerprint density at radius 2 is 2.25 bits per heavy atom. The van der Waals surface area contributed by atoms with Crippen LogP contribution in [0.15, 0.2) is 0 Å². The zero-order chi connectivity index (χ0) is 6.41. The van der Waals surface area contributed by atoms with Crippen LogP contribution >= 0.6 is 0 Å². The van der Waals surface area contributed by atoms with Gasteiger partial charge in [-0.2, -0.15) is 0 Å². The van der Waals surface area contributed by atoms with E-state index in [2.05, 4.69) is 10.1 Å². The molecule has 0 aromatic carbocycles. The van der Waals surface area contributed by atoms with Crippen LogP contribution < -0.4 is 5.32 Å². The zero-order valence-electron chi connectivity index (χ0n) is 5.31. The van der Waals surface area contributed by atoms with Crippen molar-refractivity contribution in [3.63, 3.8) is 0 Å². The molecule has 0 amide bonds. The van der Waals surface area contributed by atoms with Crippen LogP contribution in [0.2, 0.25) is 0 Å². The molecule has 1 N–H and O–H groups in total. The van der Waals surface area contributed by atoms with Crippen LogP contribution in [-0.2, 0) is 0 Å². The van der Waals surface area contributed by atoms with Crippen molar-refractivity contribution in [1.29, 1.82) is 0 Å². The summed E-state index contributed by atoms with van der Waals surface area (Å²) in [4.78, 5) is 3.00. The molecule has 0 aliphatic rings. The highest BCUT2D eigenvalue weighted by Gasteiger charge is 1.96. The molecule has 0 saturated carbocycles. The van der Waals surface area contributed by atoms with E-state index >= 15 is 0 Å². The minimum absolute atomic E-state index is 0.646. The Morgan fingerprint density at radius 1 is 1.62 bits per heavy atom. The van der Waals surface area contributed by atoms with Gasteiger partial charge in [-0.25, -0.2) is 0 Å². The molecule has 3 heteroatoms. The molecular weight excluding hydrogens is 102 g/mol. The molecule has 0 rings (SSSR count). The molecule has 0 spiro atoms. The first-order chi connectivity index (χ1) is 3.85. The Bertz CT molecular complexity index is 102. The molecule has 0 bridgehead atoms. The summed E-state index contributed by atoms with van der Waals surface area (Å²) in [6.07, 6.45) is 0.754. The molecule has 8 heavy (non-hydrogen) atoms. The molecule has 0 atom stereocenters. The van der Waals surface area contributed by atoms with E-state index in [0.717, 1.165) is 13.0 Å². The molecule has 46 valence electrons. The van der Waals surface area contributed by atoms with Crippen LogP contribution in [0.1, 0.15) is 20.3 Å². The van der Waals surface area contributed by atoms with Crippen molar-refractivity contribution in [2.75, 3.05) is 6.54 Å². The first-order valence-electron chi connectivity index (χ1n) is 2.79. The second-order valence-corrected chi connectivity index (χ2v) is 1.43. The maximum atomic E-state index is 8.18. The number of hydrogen-bond donors (Lipinski definition) is 1. The van der Waals surface area contributed by atoms with Crippen molar-refractivity contribution in [2.45, 2.75) is 20.3 Å². The van der Waals surface area contributed by atoms with Gasteiger partial charge in [-0.1, -0.05) is 6.92 Å². The van der Waals surface area contributed by atoms with Gasteiger partial charge in [0.25, 0.3) is 0 Å². The van der Waals surface area contributed by atoms with Crippen LogP contribution in [0.3, 0.4) is 0 Å². The third kappa shape index (κ3) is 2.37. The van der Waals surface area contributed by atoms with Gasteiger partial charge in [-0.05, 0) is 6.92 Å². The Labute approximate surface area is 49.3 Å².